The Hall–Kier alpha value is -3.49. The number of pyridine rings is 1. The molecule has 208 valence electrons. The maximum atomic E-state index is 13.7. The van der Waals surface area contributed by atoms with Gasteiger partial charge in [-0.2, -0.15) is 22.7 Å². The summed E-state index contributed by atoms with van der Waals surface area (Å²) in [4.78, 5) is 36.9. The summed E-state index contributed by atoms with van der Waals surface area (Å²) in [6, 6.07) is 0.654. The Morgan fingerprint density at radius 1 is 1.28 bits per heavy atom. The fraction of sp³-hybridized carbons (Fsp3) is 0.458. The van der Waals surface area contributed by atoms with E-state index in [2.05, 4.69) is 25.7 Å². The minimum Gasteiger partial charge on any atom is -0.377 e. The second-order valence-electron chi connectivity index (χ2n) is 9.07. The number of aromatic nitrogens is 5. The summed E-state index contributed by atoms with van der Waals surface area (Å²) in [6.07, 6.45) is -0.952. The van der Waals surface area contributed by atoms with E-state index in [0.717, 1.165) is 11.8 Å². The number of hydrogen-bond donors (Lipinski definition) is 2. The van der Waals surface area contributed by atoms with Gasteiger partial charge < -0.3 is 24.8 Å². The molecule has 0 spiro atoms. The second kappa shape index (κ2) is 10.9. The number of fused-ring (bicyclic) bond motifs is 1. The molecule has 39 heavy (non-hydrogen) atoms. The van der Waals surface area contributed by atoms with Crippen LogP contribution < -0.4 is 21.1 Å². The van der Waals surface area contributed by atoms with Crippen LogP contribution in [0.2, 0.25) is 5.02 Å². The van der Waals surface area contributed by atoms with E-state index in [9.17, 15) is 22.8 Å². The van der Waals surface area contributed by atoms with Crippen molar-refractivity contribution < 1.29 is 22.7 Å². The first kappa shape index (κ1) is 27.1. The number of nitrogens with one attached hydrogen (secondary N) is 2. The molecular formula is C24H26ClF3N8O3. The van der Waals surface area contributed by atoms with Crippen LogP contribution in [0, 0.1) is 0 Å². The van der Waals surface area contributed by atoms with Crippen LogP contribution in [0.4, 0.5) is 24.5 Å². The largest absolute Gasteiger partial charge is 0.433 e. The molecule has 15 heteroatoms. The van der Waals surface area contributed by atoms with Crippen molar-refractivity contribution in [2.24, 2.45) is 0 Å². The van der Waals surface area contributed by atoms with E-state index in [1.54, 1.807) is 4.57 Å². The number of ether oxygens (including phenoxy) is 1. The van der Waals surface area contributed by atoms with Gasteiger partial charge >= 0.3 is 6.18 Å². The predicted octanol–water partition coefficient (Wildman–Crippen LogP) is 2.37. The number of piperazine rings is 1. The molecule has 0 atom stereocenters. The Bertz CT molecular complexity index is 1490. The summed E-state index contributed by atoms with van der Waals surface area (Å²) in [6.45, 7) is 5.07. The molecule has 5 rings (SSSR count). The molecule has 3 aromatic rings. The first-order valence-corrected chi connectivity index (χ1v) is 12.8. The zero-order valence-electron chi connectivity index (χ0n) is 21.0. The molecule has 2 aliphatic rings. The van der Waals surface area contributed by atoms with Crippen molar-refractivity contribution in [1.82, 2.24) is 29.5 Å². The molecule has 0 saturated carbocycles. The zero-order chi connectivity index (χ0) is 27.7. The lowest BCUT2D eigenvalue weighted by Crippen LogP contribution is -2.47. The number of halogens is 4. The highest BCUT2D eigenvalue weighted by Gasteiger charge is 2.33. The fourth-order valence-electron chi connectivity index (χ4n) is 4.70. The molecule has 1 amide bonds. The first-order chi connectivity index (χ1) is 18.7. The number of amides is 1. The lowest BCUT2D eigenvalue weighted by molar-refractivity contribution is -0.141. The number of nitrogens with zero attached hydrogens (tertiary/aromatic N) is 6. The molecule has 0 radical (unpaired) electrons. The minimum atomic E-state index is -4.67. The maximum absolute atomic E-state index is 13.7. The molecule has 5 heterocycles. The molecule has 11 nitrogen and oxygen atoms in total. The SMILES string of the molecule is CCc1c(N2CCNCC2)c(=O)n2nc(C3=CCOCC3)nc2n1CC(=O)Nc1cnc(C(F)(F)F)cc1Cl. The molecule has 0 aromatic carbocycles. The Morgan fingerprint density at radius 2 is 2.05 bits per heavy atom. The van der Waals surface area contributed by atoms with E-state index in [-0.39, 0.29) is 28.6 Å². The van der Waals surface area contributed by atoms with Gasteiger partial charge in [-0.3, -0.25) is 9.59 Å². The number of rotatable bonds is 6. The molecule has 2 aliphatic heterocycles. The van der Waals surface area contributed by atoms with E-state index >= 15 is 0 Å². The van der Waals surface area contributed by atoms with Gasteiger partial charge in [0.25, 0.3) is 5.56 Å². The monoisotopic (exact) mass is 566 g/mol. The van der Waals surface area contributed by atoms with Crippen molar-refractivity contribution in [3.63, 3.8) is 0 Å². The van der Waals surface area contributed by atoms with Gasteiger partial charge in [-0.25, -0.2) is 4.98 Å². The van der Waals surface area contributed by atoms with Crippen molar-refractivity contribution in [2.75, 3.05) is 49.6 Å². The molecule has 0 unspecified atom stereocenters. The molecule has 1 saturated heterocycles. The van der Waals surface area contributed by atoms with E-state index in [0.29, 0.717) is 75.5 Å². The molecular weight excluding hydrogens is 541 g/mol. The first-order valence-electron chi connectivity index (χ1n) is 12.4. The third-order valence-corrected chi connectivity index (χ3v) is 6.88. The number of hydrogen-bond acceptors (Lipinski definition) is 8. The van der Waals surface area contributed by atoms with Crippen LogP contribution in [0.1, 0.15) is 30.6 Å². The Kier molecular flexibility index (Phi) is 7.60. The van der Waals surface area contributed by atoms with Gasteiger partial charge in [0, 0.05) is 26.2 Å². The van der Waals surface area contributed by atoms with Crippen molar-refractivity contribution in [3.8, 4) is 0 Å². The van der Waals surface area contributed by atoms with Crippen LogP contribution in [-0.2, 0) is 28.7 Å². The zero-order valence-corrected chi connectivity index (χ0v) is 21.8. The summed E-state index contributed by atoms with van der Waals surface area (Å²) in [5.74, 6) is -0.0243. The van der Waals surface area contributed by atoms with Crippen molar-refractivity contribution in [2.45, 2.75) is 32.5 Å². The number of carbonyl (C=O) groups excluding carboxylic acids is 1. The smallest absolute Gasteiger partial charge is 0.377 e. The van der Waals surface area contributed by atoms with Crippen molar-refractivity contribution >= 4 is 40.2 Å². The van der Waals surface area contributed by atoms with Crippen LogP contribution in [0.5, 0.6) is 0 Å². The van der Waals surface area contributed by atoms with E-state index in [1.807, 2.05) is 17.9 Å². The van der Waals surface area contributed by atoms with Gasteiger partial charge in [-0.05, 0) is 24.5 Å². The Morgan fingerprint density at radius 3 is 2.69 bits per heavy atom. The van der Waals surface area contributed by atoms with E-state index in [1.165, 1.54) is 4.52 Å². The van der Waals surface area contributed by atoms with Crippen LogP contribution in [0.3, 0.4) is 0 Å². The molecule has 0 bridgehead atoms. The summed E-state index contributed by atoms with van der Waals surface area (Å²) >= 11 is 6.01. The summed E-state index contributed by atoms with van der Waals surface area (Å²) in [5, 5.41) is 9.99. The molecule has 2 N–H and O–H groups in total. The number of carbonyl (C=O) groups is 1. The van der Waals surface area contributed by atoms with Crippen LogP contribution in [0.15, 0.2) is 23.1 Å². The van der Waals surface area contributed by atoms with Crippen LogP contribution in [-0.4, -0.2) is 69.4 Å². The van der Waals surface area contributed by atoms with Crippen molar-refractivity contribution in [3.05, 3.63) is 50.9 Å². The third kappa shape index (κ3) is 5.49. The lowest BCUT2D eigenvalue weighted by Gasteiger charge is -2.31. The Labute approximate surface area is 225 Å². The minimum absolute atomic E-state index is 0.0679. The standard InChI is InChI=1S/C24H26ClF3N8O3/c1-2-17-20(34-7-5-29-6-8-34)22(38)36-23(32-21(33-36)14-3-9-39-10-4-14)35(17)13-19(37)31-16-12-30-18(11-15(16)25)24(26,27)28/h3,11-12,29H,2,4-10,13H2,1H3,(H,31,37). The van der Waals surface area contributed by atoms with Crippen molar-refractivity contribution in [1.29, 1.82) is 0 Å². The van der Waals surface area contributed by atoms with Crippen LogP contribution >= 0.6 is 11.6 Å². The van der Waals surface area contributed by atoms with Gasteiger partial charge in [-0.1, -0.05) is 24.6 Å². The average Bonchev–Trinajstić information content (AvgIpc) is 3.38. The fourth-order valence-corrected chi connectivity index (χ4v) is 4.89. The number of alkyl halides is 3. The Balaban J connectivity index is 1.56. The quantitative estimate of drug-likeness (QED) is 0.467. The topological polar surface area (TPSA) is 119 Å². The summed E-state index contributed by atoms with van der Waals surface area (Å²) < 4.78 is 47.1. The van der Waals surface area contributed by atoms with Gasteiger partial charge in [0.2, 0.25) is 11.7 Å². The summed E-state index contributed by atoms with van der Waals surface area (Å²) in [7, 11) is 0. The normalized spacial score (nSPS) is 16.4. The van der Waals surface area contributed by atoms with Gasteiger partial charge in [0.05, 0.1) is 35.8 Å². The van der Waals surface area contributed by atoms with E-state index in [4.69, 9.17) is 16.3 Å². The highest BCUT2D eigenvalue weighted by molar-refractivity contribution is 6.33. The van der Waals surface area contributed by atoms with Gasteiger partial charge in [0.15, 0.2) is 5.82 Å². The maximum Gasteiger partial charge on any atom is 0.433 e. The lowest BCUT2D eigenvalue weighted by atomic mass is 10.1. The molecule has 3 aromatic heterocycles. The highest BCUT2D eigenvalue weighted by atomic mass is 35.5. The molecule has 1 fully saturated rings. The third-order valence-electron chi connectivity index (χ3n) is 6.56. The molecule has 0 aliphatic carbocycles. The van der Waals surface area contributed by atoms with Gasteiger partial charge in [0.1, 0.15) is 17.9 Å². The van der Waals surface area contributed by atoms with Crippen LogP contribution in [0.25, 0.3) is 11.4 Å². The predicted molar refractivity (Wildman–Crippen MR) is 138 cm³/mol. The average molecular weight is 567 g/mol. The second-order valence-corrected chi connectivity index (χ2v) is 9.48. The van der Waals surface area contributed by atoms with Gasteiger partial charge in [-0.15, -0.1) is 5.10 Å². The summed E-state index contributed by atoms with van der Waals surface area (Å²) in [5.41, 5.74) is 0.306. The number of anilines is 2. The highest BCUT2D eigenvalue weighted by Crippen LogP contribution is 2.32. The van der Waals surface area contributed by atoms with E-state index < -0.39 is 17.8 Å².